The first-order chi connectivity index (χ1) is 16.9. The highest BCUT2D eigenvalue weighted by atomic mass is 32.2. The minimum Gasteiger partial charge on any atom is -0.325 e. The van der Waals surface area contributed by atoms with Gasteiger partial charge in [-0.1, -0.05) is 60.7 Å². The van der Waals surface area contributed by atoms with Gasteiger partial charge in [-0.15, -0.1) is 11.8 Å². The van der Waals surface area contributed by atoms with Gasteiger partial charge in [0.2, 0.25) is 5.91 Å². The van der Waals surface area contributed by atoms with Gasteiger partial charge in [0.25, 0.3) is 5.91 Å². The van der Waals surface area contributed by atoms with E-state index in [9.17, 15) is 14.0 Å². The maximum atomic E-state index is 14.0. The fraction of sp³-hybridized carbons (Fsp3) is 0.103. The first kappa shape index (κ1) is 24.2. The second-order valence-corrected chi connectivity index (χ2v) is 9.36. The molecule has 0 bridgehead atoms. The highest BCUT2D eigenvalue weighted by molar-refractivity contribution is 8.00. The van der Waals surface area contributed by atoms with E-state index in [1.165, 1.54) is 30.0 Å². The first-order valence-corrected chi connectivity index (χ1v) is 12.0. The molecule has 2 amide bonds. The molecule has 0 saturated carbocycles. The molecule has 4 rings (SSSR count). The molecule has 0 fully saturated rings. The maximum absolute atomic E-state index is 14.0. The predicted octanol–water partition coefficient (Wildman–Crippen LogP) is 7.17. The van der Waals surface area contributed by atoms with Crippen LogP contribution in [0.2, 0.25) is 0 Å². The molecule has 35 heavy (non-hydrogen) atoms. The van der Waals surface area contributed by atoms with Crippen LogP contribution < -0.4 is 10.6 Å². The van der Waals surface area contributed by atoms with E-state index in [0.29, 0.717) is 5.69 Å². The largest absolute Gasteiger partial charge is 0.325 e. The van der Waals surface area contributed by atoms with Crippen LogP contribution in [0.3, 0.4) is 0 Å². The molecule has 0 aromatic heterocycles. The number of amides is 2. The summed E-state index contributed by atoms with van der Waals surface area (Å²) in [7, 11) is 0. The standard InChI is InChI=1S/C29H25FN2O2S/c1-19-15-16-20(2)26(17-19)32-29(34)27(21-9-4-3-5-10-21)35-23-12-8-11-22(18-23)31-28(33)24-13-6-7-14-25(24)30/h3-18,27H,1-2H3,(H,31,33)(H,32,34). The maximum Gasteiger partial charge on any atom is 0.258 e. The number of carbonyl (C=O) groups is 2. The third-order valence-corrected chi connectivity index (χ3v) is 6.70. The van der Waals surface area contributed by atoms with E-state index in [4.69, 9.17) is 0 Å². The van der Waals surface area contributed by atoms with Crippen LogP contribution in [0.25, 0.3) is 0 Å². The van der Waals surface area contributed by atoms with Gasteiger partial charge in [0.05, 0.1) is 5.56 Å². The van der Waals surface area contributed by atoms with Crippen molar-refractivity contribution in [3.05, 3.63) is 125 Å². The Morgan fingerprint density at radius 1 is 0.800 bits per heavy atom. The number of aryl methyl sites for hydroxylation is 2. The van der Waals surface area contributed by atoms with E-state index in [1.54, 1.807) is 24.3 Å². The summed E-state index contributed by atoms with van der Waals surface area (Å²) in [6, 6.07) is 28.5. The third-order valence-electron chi connectivity index (χ3n) is 5.46. The molecule has 0 saturated heterocycles. The van der Waals surface area contributed by atoms with Gasteiger partial charge in [0.1, 0.15) is 11.1 Å². The van der Waals surface area contributed by atoms with Gasteiger partial charge in [-0.25, -0.2) is 4.39 Å². The monoisotopic (exact) mass is 484 g/mol. The van der Waals surface area contributed by atoms with Gasteiger partial charge in [-0.2, -0.15) is 0 Å². The average molecular weight is 485 g/mol. The molecule has 4 aromatic rings. The molecule has 176 valence electrons. The number of carbonyl (C=O) groups excluding carboxylic acids is 2. The second kappa shape index (κ2) is 11.0. The average Bonchev–Trinajstić information content (AvgIpc) is 2.85. The number of hydrogen-bond acceptors (Lipinski definition) is 3. The molecule has 4 aromatic carbocycles. The quantitative estimate of drug-likeness (QED) is 0.274. The predicted molar refractivity (Wildman–Crippen MR) is 140 cm³/mol. The molecule has 4 nitrogen and oxygen atoms in total. The van der Waals surface area contributed by atoms with Crippen molar-refractivity contribution in [2.24, 2.45) is 0 Å². The zero-order chi connectivity index (χ0) is 24.8. The summed E-state index contributed by atoms with van der Waals surface area (Å²) in [5, 5.41) is 5.30. The summed E-state index contributed by atoms with van der Waals surface area (Å²) < 4.78 is 14.0. The highest BCUT2D eigenvalue weighted by Crippen LogP contribution is 2.37. The van der Waals surface area contributed by atoms with Gasteiger partial charge in [0, 0.05) is 16.3 Å². The number of hydrogen-bond donors (Lipinski definition) is 2. The van der Waals surface area contributed by atoms with Crippen LogP contribution in [0, 0.1) is 19.7 Å². The Bertz CT molecular complexity index is 1360. The lowest BCUT2D eigenvalue weighted by Gasteiger charge is -2.19. The van der Waals surface area contributed by atoms with Crippen LogP contribution in [0.5, 0.6) is 0 Å². The number of halogens is 1. The van der Waals surface area contributed by atoms with E-state index in [1.807, 2.05) is 68.4 Å². The molecule has 0 aliphatic heterocycles. The number of nitrogens with one attached hydrogen (secondary N) is 2. The van der Waals surface area contributed by atoms with Crippen molar-refractivity contribution in [3.8, 4) is 0 Å². The molecule has 0 radical (unpaired) electrons. The van der Waals surface area contributed by atoms with E-state index in [2.05, 4.69) is 10.6 Å². The van der Waals surface area contributed by atoms with Gasteiger partial charge in [0.15, 0.2) is 0 Å². The SMILES string of the molecule is Cc1ccc(C)c(NC(=O)C(Sc2cccc(NC(=O)c3ccccc3F)c2)c2ccccc2)c1. The van der Waals surface area contributed by atoms with Crippen molar-refractivity contribution < 1.29 is 14.0 Å². The summed E-state index contributed by atoms with van der Waals surface area (Å²) >= 11 is 1.38. The fourth-order valence-electron chi connectivity index (χ4n) is 3.60. The van der Waals surface area contributed by atoms with Crippen molar-refractivity contribution in [3.63, 3.8) is 0 Å². The summed E-state index contributed by atoms with van der Waals surface area (Å²) in [5.74, 6) is -1.25. The summed E-state index contributed by atoms with van der Waals surface area (Å²) in [4.78, 5) is 26.8. The van der Waals surface area contributed by atoms with Crippen LogP contribution in [0.15, 0.2) is 102 Å². The number of rotatable bonds is 7. The Hall–Kier alpha value is -3.90. The molecule has 0 aliphatic carbocycles. The minimum atomic E-state index is -0.581. The molecule has 0 heterocycles. The lowest BCUT2D eigenvalue weighted by atomic mass is 10.1. The molecule has 0 spiro atoms. The summed E-state index contributed by atoms with van der Waals surface area (Å²) in [5.41, 5.74) is 4.18. The number of thioether (sulfide) groups is 1. The van der Waals surface area contributed by atoms with E-state index in [0.717, 1.165) is 27.3 Å². The van der Waals surface area contributed by atoms with Crippen molar-refractivity contribution in [2.45, 2.75) is 24.0 Å². The highest BCUT2D eigenvalue weighted by Gasteiger charge is 2.23. The van der Waals surface area contributed by atoms with E-state index < -0.39 is 17.0 Å². The van der Waals surface area contributed by atoms with Crippen LogP contribution in [0.4, 0.5) is 15.8 Å². The van der Waals surface area contributed by atoms with Gasteiger partial charge in [-0.05, 0) is 66.9 Å². The number of benzene rings is 4. The van der Waals surface area contributed by atoms with Crippen LogP contribution in [0.1, 0.15) is 32.3 Å². The Balaban J connectivity index is 1.57. The lowest BCUT2D eigenvalue weighted by molar-refractivity contribution is -0.115. The van der Waals surface area contributed by atoms with Gasteiger partial charge >= 0.3 is 0 Å². The fourth-order valence-corrected chi connectivity index (χ4v) is 4.68. The normalized spacial score (nSPS) is 11.5. The molecule has 2 N–H and O–H groups in total. The molecular formula is C29H25FN2O2S. The molecule has 0 aliphatic rings. The Labute approximate surface area is 208 Å². The first-order valence-electron chi connectivity index (χ1n) is 11.2. The molecule has 1 unspecified atom stereocenters. The van der Waals surface area contributed by atoms with Crippen LogP contribution in [-0.4, -0.2) is 11.8 Å². The minimum absolute atomic E-state index is 0.0272. The van der Waals surface area contributed by atoms with Gasteiger partial charge < -0.3 is 10.6 Å². The smallest absolute Gasteiger partial charge is 0.258 e. The second-order valence-electron chi connectivity index (χ2n) is 8.18. The van der Waals surface area contributed by atoms with Crippen LogP contribution in [-0.2, 0) is 4.79 Å². The number of anilines is 2. The molecular weight excluding hydrogens is 459 g/mol. The Morgan fingerprint density at radius 3 is 2.31 bits per heavy atom. The zero-order valence-corrected chi connectivity index (χ0v) is 20.2. The molecule has 6 heteroatoms. The van der Waals surface area contributed by atoms with Crippen molar-refractivity contribution in [1.29, 1.82) is 0 Å². The van der Waals surface area contributed by atoms with Gasteiger partial charge in [-0.3, -0.25) is 9.59 Å². The Morgan fingerprint density at radius 2 is 1.54 bits per heavy atom. The van der Waals surface area contributed by atoms with E-state index in [-0.39, 0.29) is 11.5 Å². The van der Waals surface area contributed by atoms with Crippen LogP contribution >= 0.6 is 11.8 Å². The van der Waals surface area contributed by atoms with Crippen molar-refractivity contribution in [2.75, 3.05) is 10.6 Å². The molecule has 1 atom stereocenters. The topological polar surface area (TPSA) is 58.2 Å². The van der Waals surface area contributed by atoms with E-state index >= 15 is 0 Å². The van der Waals surface area contributed by atoms with Crippen molar-refractivity contribution >= 4 is 35.0 Å². The Kier molecular flexibility index (Phi) is 7.63. The summed E-state index contributed by atoms with van der Waals surface area (Å²) in [6.45, 7) is 3.95. The lowest BCUT2D eigenvalue weighted by Crippen LogP contribution is -2.19. The summed E-state index contributed by atoms with van der Waals surface area (Å²) in [6.07, 6.45) is 0. The third kappa shape index (κ3) is 6.16. The zero-order valence-electron chi connectivity index (χ0n) is 19.4. The van der Waals surface area contributed by atoms with Crippen molar-refractivity contribution in [1.82, 2.24) is 0 Å².